The van der Waals surface area contributed by atoms with Crippen molar-refractivity contribution in [1.82, 2.24) is 4.90 Å². The summed E-state index contributed by atoms with van der Waals surface area (Å²) < 4.78 is 0. The number of carbonyl (C=O) groups excluding carboxylic acids is 2. The molecule has 2 amide bonds. The molecule has 0 heterocycles. The minimum atomic E-state index is -0.333. The molecule has 0 saturated heterocycles. The smallest absolute Gasteiger partial charge is 0.280 e. The number of nitrogens with one attached hydrogen (secondary N) is 2. The van der Waals surface area contributed by atoms with Gasteiger partial charge in [-0.15, -0.1) is 0 Å². The topological polar surface area (TPSA) is 53.9 Å². The van der Waals surface area contributed by atoms with Crippen LogP contribution in [0.5, 0.6) is 0 Å². The summed E-state index contributed by atoms with van der Waals surface area (Å²) in [5, 5.41) is 3.28. The lowest BCUT2D eigenvalue weighted by molar-refractivity contribution is -0.886. The van der Waals surface area contributed by atoms with Crippen LogP contribution in [-0.2, 0) is 16.1 Å². The Kier molecular flexibility index (Phi) is 7.18. The van der Waals surface area contributed by atoms with Crippen molar-refractivity contribution < 1.29 is 14.5 Å². The minimum absolute atomic E-state index is 0.00287. The Balaban J connectivity index is 1.89. The zero-order valence-electron chi connectivity index (χ0n) is 15.3. The van der Waals surface area contributed by atoms with Crippen LogP contribution < -0.4 is 10.2 Å². The van der Waals surface area contributed by atoms with Crippen LogP contribution in [0.2, 0.25) is 5.02 Å². The maximum Gasteiger partial charge on any atom is 0.280 e. The average molecular weight is 375 g/mol. The van der Waals surface area contributed by atoms with Gasteiger partial charge in [-0.1, -0.05) is 54.1 Å². The first kappa shape index (κ1) is 19.9. The number of quaternary nitrogens is 1. The number of rotatable bonds is 7. The molecule has 2 aromatic rings. The number of amides is 2. The van der Waals surface area contributed by atoms with E-state index in [9.17, 15) is 9.59 Å². The molecule has 0 fully saturated rings. The van der Waals surface area contributed by atoms with Crippen LogP contribution in [0.25, 0.3) is 0 Å². The van der Waals surface area contributed by atoms with Crippen LogP contribution >= 0.6 is 11.6 Å². The fourth-order valence-corrected chi connectivity index (χ4v) is 2.82. The lowest BCUT2D eigenvalue weighted by Gasteiger charge is -2.25. The Labute approximate surface area is 159 Å². The summed E-state index contributed by atoms with van der Waals surface area (Å²) in [5.41, 5.74) is 1.65. The predicted octanol–water partition coefficient (Wildman–Crippen LogP) is 1.84. The second kappa shape index (κ2) is 9.36. The quantitative estimate of drug-likeness (QED) is 0.777. The maximum atomic E-state index is 12.6. The molecule has 2 N–H and O–H groups in total. The molecule has 0 aromatic heterocycles. The third kappa shape index (κ3) is 5.58. The average Bonchev–Trinajstić information content (AvgIpc) is 2.63. The summed E-state index contributed by atoms with van der Waals surface area (Å²) in [6, 6.07) is 16.6. The number of para-hydroxylation sites is 1. The maximum absolute atomic E-state index is 12.6. The van der Waals surface area contributed by atoms with E-state index in [4.69, 9.17) is 11.6 Å². The molecule has 0 spiro atoms. The van der Waals surface area contributed by atoms with Gasteiger partial charge in [-0.05, 0) is 24.6 Å². The van der Waals surface area contributed by atoms with Crippen LogP contribution in [0.15, 0.2) is 54.6 Å². The zero-order valence-corrected chi connectivity index (χ0v) is 16.1. The molecule has 6 heteroatoms. The van der Waals surface area contributed by atoms with E-state index in [1.54, 1.807) is 30.1 Å². The number of likely N-dealkylation sites (N-methyl/N-ethyl adjacent to an activating group) is 2. The van der Waals surface area contributed by atoms with E-state index in [1.807, 2.05) is 50.4 Å². The van der Waals surface area contributed by atoms with Crippen molar-refractivity contribution >= 4 is 29.1 Å². The fraction of sp³-hybridized carbons (Fsp3) is 0.300. The van der Waals surface area contributed by atoms with Crippen molar-refractivity contribution in [2.45, 2.75) is 19.5 Å². The van der Waals surface area contributed by atoms with Gasteiger partial charge in [0.15, 0.2) is 12.6 Å². The Hall–Kier alpha value is -2.37. The molecular weight excluding hydrogens is 350 g/mol. The van der Waals surface area contributed by atoms with E-state index >= 15 is 0 Å². The second-order valence-electron chi connectivity index (χ2n) is 6.45. The van der Waals surface area contributed by atoms with Crippen molar-refractivity contribution in [2.24, 2.45) is 0 Å². The van der Waals surface area contributed by atoms with Crippen LogP contribution in [0.3, 0.4) is 0 Å². The van der Waals surface area contributed by atoms with E-state index in [1.165, 1.54) is 0 Å². The third-order valence-corrected chi connectivity index (χ3v) is 4.67. The highest BCUT2D eigenvalue weighted by Gasteiger charge is 2.26. The summed E-state index contributed by atoms with van der Waals surface area (Å²) in [6.07, 6.45) is 0. The number of benzene rings is 2. The van der Waals surface area contributed by atoms with Crippen molar-refractivity contribution in [2.75, 3.05) is 26.0 Å². The van der Waals surface area contributed by atoms with E-state index in [0.717, 1.165) is 10.5 Å². The van der Waals surface area contributed by atoms with Crippen molar-refractivity contribution in [1.29, 1.82) is 0 Å². The summed E-state index contributed by atoms with van der Waals surface area (Å²) >= 11 is 6.05. The van der Waals surface area contributed by atoms with Gasteiger partial charge >= 0.3 is 0 Å². The monoisotopic (exact) mass is 374 g/mol. The molecule has 0 radical (unpaired) electrons. The van der Waals surface area contributed by atoms with E-state index in [0.29, 0.717) is 17.3 Å². The van der Waals surface area contributed by atoms with Gasteiger partial charge in [-0.3, -0.25) is 9.59 Å². The first-order chi connectivity index (χ1) is 12.4. The molecule has 2 aromatic carbocycles. The Bertz CT molecular complexity index is 752. The minimum Gasteiger partial charge on any atom is -0.336 e. The summed E-state index contributed by atoms with van der Waals surface area (Å²) in [4.78, 5) is 27.4. The molecule has 0 saturated carbocycles. The van der Waals surface area contributed by atoms with Gasteiger partial charge in [0.2, 0.25) is 0 Å². The predicted molar refractivity (Wildman–Crippen MR) is 104 cm³/mol. The molecule has 0 aliphatic rings. The summed E-state index contributed by atoms with van der Waals surface area (Å²) in [7, 11) is 3.62. The summed E-state index contributed by atoms with van der Waals surface area (Å²) in [6.45, 7) is 2.56. The van der Waals surface area contributed by atoms with Crippen molar-refractivity contribution in [3.8, 4) is 0 Å². The molecule has 2 atom stereocenters. The fourth-order valence-electron chi connectivity index (χ4n) is 2.64. The van der Waals surface area contributed by atoms with Gasteiger partial charge in [0.1, 0.15) is 0 Å². The zero-order chi connectivity index (χ0) is 19.1. The number of hydrogen-bond acceptors (Lipinski definition) is 2. The molecule has 0 aliphatic carbocycles. The summed E-state index contributed by atoms with van der Waals surface area (Å²) in [5.74, 6) is -0.183. The highest BCUT2D eigenvalue weighted by molar-refractivity contribution is 6.33. The van der Waals surface area contributed by atoms with Gasteiger partial charge in [-0.2, -0.15) is 0 Å². The first-order valence-corrected chi connectivity index (χ1v) is 8.92. The number of hydrogen-bond donors (Lipinski definition) is 2. The molecule has 2 rings (SSSR count). The van der Waals surface area contributed by atoms with Crippen LogP contribution in [0.1, 0.15) is 12.5 Å². The molecule has 5 nitrogen and oxygen atoms in total. The van der Waals surface area contributed by atoms with Gasteiger partial charge in [0.05, 0.1) is 17.8 Å². The molecule has 0 aliphatic heterocycles. The lowest BCUT2D eigenvalue weighted by Crippen LogP contribution is -3.15. The molecule has 0 bridgehead atoms. The van der Waals surface area contributed by atoms with Crippen LogP contribution in [0.4, 0.5) is 5.69 Å². The van der Waals surface area contributed by atoms with Crippen LogP contribution in [0, 0.1) is 0 Å². The lowest BCUT2D eigenvalue weighted by atomic mass is 10.2. The molecular formula is C20H25ClN3O2+. The second-order valence-corrected chi connectivity index (χ2v) is 6.86. The number of carbonyl (C=O) groups is 2. The molecule has 1 unspecified atom stereocenters. The van der Waals surface area contributed by atoms with E-state index in [-0.39, 0.29) is 24.4 Å². The van der Waals surface area contributed by atoms with Gasteiger partial charge in [0, 0.05) is 13.6 Å². The number of halogens is 1. The Morgan fingerprint density at radius 1 is 1.12 bits per heavy atom. The highest BCUT2D eigenvalue weighted by atomic mass is 35.5. The molecule has 26 heavy (non-hydrogen) atoms. The standard InChI is InChI=1S/C20H24ClN3O2/c1-15(20(26)24(3)13-16-9-5-4-6-10-16)23(2)14-19(25)22-18-12-8-7-11-17(18)21/h4-12,15H,13-14H2,1-3H3,(H,22,25)/p+1/t15-/m1/s1. The molecule has 138 valence electrons. The van der Waals surface area contributed by atoms with Gasteiger partial charge in [0.25, 0.3) is 11.8 Å². The van der Waals surface area contributed by atoms with Crippen LogP contribution in [-0.4, -0.2) is 43.4 Å². The number of anilines is 1. The van der Waals surface area contributed by atoms with Crippen molar-refractivity contribution in [3.05, 3.63) is 65.2 Å². The Morgan fingerprint density at radius 3 is 2.38 bits per heavy atom. The Morgan fingerprint density at radius 2 is 1.73 bits per heavy atom. The van der Waals surface area contributed by atoms with Gasteiger partial charge < -0.3 is 15.1 Å². The number of nitrogens with zero attached hydrogens (tertiary/aromatic N) is 1. The largest absolute Gasteiger partial charge is 0.336 e. The highest BCUT2D eigenvalue weighted by Crippen LogP contribution is 2.19. The van der Waals surface area contributed by atoms with E-state index < -0.39 is 0 Å². The normalized spacial score (nSPS) is 12.9. The van der Waals surface area contributed by atoms with Gasteiger partial charge in [-0.25, -0.2) is 0 Å². The SMILES string of the molecule is C[C@H](C(=O)N(C)Cc1ccccc1)[NH+](C)CC(=O)Nc1ccccc1Cl. The van der Waals surface area contributed by atoms with Crippen molar-refractivity contribution in [3.63, 3.8) is 0 Å². The first-order valence-electron chi connectivity index (χ1n) is 8.54. The third-order valence-electron chi connectivity index (χ3n) is 4.34. The van der Waals surface area contributed by atoms with E-state index in [2.05, 4.69) is 5.32 Å².